The van der Waals surface area contributed by atoms with Crippen LogP contribution in [0, 0.1) is 6.92 Å². The van der Waals surface area contributed by atoms with Crippen molar-refractivity contribution < 1.29 is 0 Å². The second kappa shape index (κ2) is 3.92. The predicted molar refractivity (Wildman–Crippen MR) is 50.9 cm³/mol. The lowest BCUT2D eigenvalue weighted by Gasteiger charge is -2.06. The molecule has 1 rings (SSSR count). The number of pyridine rings is 1. The molecule has 0 unspecified atom stereocenters. The molecule has 0 atom stereocenters. The average Bonchev–Trinajstić information content (AvgIpc) is 2.07. The highest BCUT2D eigenvalue weighted by molar-refractivity contribution is 5.61. The van der Waals surface area contributed by atoms with E-state index in [2.05, 4.69) is 10.3 Å². The second-order valence-corrected chi connectivity index (χ2v) is 2.61. The summed E-state index contributed by atoms with van der Waals surface area (Å²) in [6.45, 7) is 3.20. The third kappa shape index (κ3) is 2.10. The molecule has 0 bridgehead atoms. The van der Waals surface area contributed by atoms with E-state index in [9.17, 15) is 0 Å². The van der Waals surface area contributed by atoms with Gasteiger partial charge in [0, 0.05) is 18.8 Å². The maximum atomic E-state index is 5.66. The molecule has 0 fully saturated rings. The number of nitrogens with zero attached hydrogens (tertiary/aromatic N) is 1. The first-order valence-corrected chi connectivity index (χ1v) is 3.91. The van der Waals surface area contributed by atoms with Crippen LogP contribution in [0.3, 0.4) is 0 Å². The van der Waals surface area contributed by atoms with Crippen molar-refractivity contribution in [3.63, 3.8) is 0 Å². The van der Waals surface area contributed by atoms with Crippen LogP contribution >= 0.6 is 0 Å². The minimum absolute atomic E-state index is 0.578. The monoisotopic (exact) mass is 166 g/mol. The first kappa shape index (κ1) is 8.80. The fourth-order valence-electron chi connectivity index (χ4n) is 0.900. The summed E-state index contributed by atoms with van der Waals surface area (Å²) in [6, 6.07) is 3.71. The molecule has 0 spiro atoms. The summed E-state index contributed by atoms with van der Waals surface area (Å²) >= 11 is 0. The molecule has 12 heavy (non-hydrogen) atoms. The predicted octanol–water partition coefficient (Wildman–Crippen LogP) is 0.343. The summed E-state index contributed by atoms with van der Waals surface area (Å²) in [7, 11) is 0. The number of aromatic nitrogens is 1. The van der Waals surface area contributed by atoms with E-state index in [0.29, 0.717) is 18.8 Å². The van der Waals surface area contributed by atoms with Gasteiger partial charge in [-0.3, -0.25) is 0 Å². The molecule has 0 radical (unpaired) electrons. The largest absolute Gasteiger partial charge is 0.396 e. The van der Waals surface area contributed by atoms with E-state index in [-0.39, 0.29) is 0 Å². The summed E-state index contributed by atoms with van der Waals surface area (Å²) in [5.74, 6) is 0.723. The first-order valence-electron chi connectivity index (χ1n) is 3.91. The molecule has 4 heteroatoms. The number of hydrogen-bond acceptors (Lipinski definition) is 4. The van der Waals surface area contributed by atoms with Gasteiger partial charge in [0.2, 0.25) is 0 Å². The van der Waals surface area contributed by atoms with Crippen molar-refractivity contribution in [2.24, 2.45) is 5.73 Å². The molecule has 0 saturated carbocycles. The van der Waals surface area contributed by atoms with Gasteiger partial charge in [0.1, 0.15) is 5.82 Å². The lowest BCUT2D eigenvalue weighted by molar-refractivity contribution is 1.01. The Kier molecular flexibility index (Phi) is 2.88. The van der Waals surface area contributed by atoms with Crippen LogP contribution in [-0.2, 0) is 0 Å². The Balaban J connectivity index is 2.75. The Morgan fingerprint density at radius 1 is 1.50 bits per heavy atom. The number of hydrogen-bond donors (Lipinski definition) is 3. The molecule has 0 amide bonds. The molecule has 1 aromatic rings. The number of anilines is 2. The van der Waals surface area contributed by atoms with E-state index >= 15 is 0 Å². The van der Waals surface area contributed by atoms with E-state index in [0.717, 1.165) is 11.5 Å². The van der Waals surface area contributed by atoms with Gasteiger partial charge in [-0.1, -0.05) is 0 Å². The van der Waals surface area contributed by atoms with Crippen molar-refractivity contribution in [3.8, 4) is 0 Å². The van der Waals surface area contributed by atoms with Gasteiger partial charge in [0.05, 0.1) is 5.69 Å². The Morgan fingerprint density at radius 2 is 2.25 bits per heavy atom. The smallest absolute Gasteiger partial charge is 0.149 e. The lowest BCUT2D eigenvalue weighted by Crippen LogP contribution is -2.15. The van der Waals surface area contributed by atoms with Gasteiger partial charge in [0.25, 0.3) is 0 Å². The molecule has 0 aromatic carbocycles. The number of nitrogens with two attached hydrogens (primary N) is 2. The van der Waals surface area contributed by atoms with Crippen molar-refractivity contribution in [2.75, 3.05) is 24.1 Å². The molecule has 5 N–H and O–H groups in total. The van der Waals surface area contributed by atoms with Crippen LogP contribution in [0.1, 0.15) is 5.69 Å². The van der Waals surface area contributed by atoms with Crippen LogP contribution in [0.4, 0.5) is 11.5 Å². The molecular formula is C8H14N4. The molecule has 0 aliphatic rings. The van der Waals surface area contributed by atoms with Gasteiger partial charge in [0.15, 0.2) is 0 Å². The van der Waals surface area contributed by atoms with Crippen LogP contribution in [0.5, 0.6) is 0 Å². The van der Waals surface area contributed by atoms with Gasteiger partial charge >= 0.3 is 0 Å². The third-order valence-corrected chi connectivity index (χ3v) is 1.50. The van der Waals surface area contributed by atoms with Gasteiger partial charge in [-0.25, -0.2) is 4.98 Å². The Labute approximate surface area is 72.0 Å². The Bertz CT molecular complexity index is 259. The highest BCUT2D eigenvalue weighted by Crippen LogP contribution is 2.14. The fraction of sp³-hybridized carbons (Fsp3) is 0.375. The second-order valence-electron chi connectivity index (χ2n) is 2.61. The molecule has 1 heterocycles. The lowest BCUT2D eigenvalue weighted by atomic mass is 10.3. The summed E-state index contributed by atoms with van der Waals surface area (Å²) in [5, 5.41) is 3.04. The van der Waals surface area contributed by atoms with Crippen molar-refractivity contribution in [2.45, 2.75) is 6.92 Å². The molecule has 0 saturated heterocycles. The highest BCUT2D eigenvalue weighted by atomic mass is 15.0. The van der Waals surface area contributed by atoms with E-state index in [1.165, 1.54) is 0 Å². The number of nitrogens with one attached hydrogen (secondary N) is 1. The third-order valence-electron chi connectivity index (χ3n) is 1.50. The molecule has 66 valence electrons. The zero-order valence-corrected chi connectivity index (χ0v) is 7.17. The van der Waals surface area contributed by atoms with Gasteiger partial charge < -0.3 is 16.8 Å². The Hall–Kier alpha value is -1.29. The minimum atomic E-state index is 0.578. The van der Waals surface area contributed by atoms with Crippen LogP contribution in [-0.4, -0.2) is 18.1 Å². The molecule has 0 aliphatic carbocycles. The quantitative estimate of drug-likeness (QED) is 0.605. The number of nitrogen functional groups attached to an aromatic ring is 1. The maximum absolute atomic E-state index is 5.66. The van der Waals surface area contributed by atoms with E-state index in [1.807, 2.05) is 19.1 Å². The fourth-order valence-corrected chi connectivity index (χ4v) is 0.900. The highest BCUT2D eigenvalue weighted by Gasteiger charge is 1.98. The van der Waals surface area contributed by atoms with Gasteiger partial charge in [-0.15, -0.1) is 0 Å². The topological polar surface area (TPSA) is 77.0 Å². The van der Waals surface area contributed by atoms with Crippen LogP contribution in [0.15, 0.2) is 12.1 Å². The van der Waals surface area contributed by atoms with E-state index < -0.39 is 0 Å². The van der Waals surface area contributed by atoms with Crippen LogP contribution in [0.2, 0.25) is 0 Å². The van der Waals surface area contributed by atoms with Crippen molar-refractivity contribution in [1.29, 1.82) is 0 Å². The van der Waals surface area contributed by atoms with Crippen molar-refractivity contribution in [1.82, 2.24) is 4.98 Å². The standard InChI is InChI=1S/C8H14N4/c1-6-2-3-7(10)8(12-6)11-5-4-9/h2-3H,4-5,9-10H2,1H3,(H,11,12). The molecule has 0 aliphatic heterocycles. The normalized spacial score (nSPS) is 9.83. The molecular weight excluding hydrogens is 152 g/mol. The summed E-state index contributed by atoms with van der Waals surface area (Å²) < 4.78 is 0. The molecule has 1 aromatic heterocycles. The zero-order valence-electron chi connectivity index (χ0n) is 7.17. The first-order chi connectivity index (χ1) is 5.74. The van der Waals surface area contributed by atoms with Crippen molar-refractivity contribution >= 4 is 11.5 Å². The summed E-state index contributed by atoms with van der Waals surface area (Å²) in [5.41, 5.74) is 12.6. The van der Waals surface area contributed by atoms with Gasteiger partial charge in [-0.2, -0.15) is 0 Å². The molecule has 4 nitrogen and oxygen atoms in total. The van der Waals surface area contributed by atoms with Crippen LogP contribution in [0.25, 0.3) is 0 Å². The Morgan fingerprint density at radius 3 is 2.92 bits per heavy atom. The minimum Gasteiger partial charge on any atom is -0.396 e. The van der Waals surface area contributed by atoms with Crippen LogP contribution < -0.4 is 16.8 Å². The maximum Gasteiger partial charge on any atom is 0.149 e. The summed E-state index contributed by atoms with van der Waals surface area (Å²) in [4.78, 5) is 4.22. The number of rotatable bonds is 3. The van der Waals surface area contributed by atoms with Gasteiger partial charge in [-0.05, 0) is 19.1 Å². The van der Waals surface area contributed by atoms with Crippen molar-refractivity contribution in [3.05, 3.63) is 17.8 Å². The SMILES string of the molecule is Cc1ccc(N)c(NCCN)n1. The average molecular weight is 166 g/mol. The van der Waals surface area contributed by atoms with E-state index in [4.69, 9.17) is 11.5 Å². The number of aryl methyl sites for hydroxylation is 1. The zero-order chi connectivity index (χ0) is 8.97. The van der Waals surface area contributed by atoms with E-state index in [1.54, 1.807) is 0 Å². The summed E-state index contributed by atoms with van der Waals surface area (Å²) in [6.07, 6.45) is 0.